The van der Waals surface area contributed by atoms with Crippen LogP contribution in [0.1, 0.15) is 81.1 Å². The molecule has 2 heterocycles. The molecule has 4 rings (SSSR count). The van der Waals surface area contributed by atoms with Gasteiger partial charge in [0.25, 0.3) is 5.91 Å². The number of nitrogens with one attached hydrogen (secondary N) is 4. The number of hydrogen-bond acceptors (Lipinski definition) is 4. The first-order chi connectivity index (χ1) is 16.3. The third-order valence-corrected chi connectivity index (χ3v) is 8.67. The normalized spacial score (nSPS) is 30.5. The zero-order valence-electron chi connectivity index (χ0n) is 20.9. The number of rotatable bonds is 6. The smallest absolute Gasteiger partial charge is 0.251 e. The van der Waals surface area contributed by atoms with Gasteiger partial charge in [0.05, 0.1) is 5.92 Å². The monoisotopic (exact) mass is 488 g/mol. The van der Waals surface area contributed by atoms with E-state index in [1.54, 1.807) is 6.07 Å². The molecule has 3 fully saturated rings. The van der Waals surface area contributed by atoms with Gasteiger partial charge in [-0.15, -0.1) is 0 Å². The summed E-state index contributed by atoms with van der Waals surface area (Å²) in [4.78, 5) is 26.3. The van der Waals surface area contributed by atoms with Gasteiger partial charge in [-0.1, -0.05) is 44.2 Å². The zero-order chi connectivity index (χ0) is 24.3. The SMILES string of the molecule is Cc1c(NC2CCNC2)cc(Cl)cc1C(=O)NCC1C(=O)NC(C)(C2CCCCCC2)CC1C. The highest BCUT2D eigenvalue weighted by Gasteiger charge is 2.44. The Hall–Kier alpha value is -1.79. The summed E-state index contributed by atoms with van der Waals surface area (Å²) in [5, 5.41) is 13.8. The van der Waals surface area contributed by atoms with Crippen molar-refractivity contribution in [2.24, 2.45) is 17.8 Å². The molecule has 4 atom stereocenters. The number of anilines is 1. The predicted octanol–water partition coefficient (Wildman–Crippen LogP) is 4.65. The molecule has 2 aliphatic heterocycles. The Morgan fingerprint density at radius 3 is 2.56 bits per heavy atom. The van der Waals surface area contributed by atoms with E-state index in [0.717, 1.165) is 37.2 Å². The van der Waals surface area contributed by atoms with E-state index in [9.17, 15) is 9.59 Å². The van der Waals surface area contributed by atoms with Crippen molar-refractivity contribution >= 4 is 29.1 Å². The fourth-order valence-corrected chi connectivity index (χ4v) is 6.55. The minimum absolute atomic E-state index is 0.0738. The van der Waals surface area contributed by atoms with Gasteiger partial charge < -0.3 is 21.3 Å². The predicted molar refractivity (Wildman–Crippen MR) is 138 cm³/mol. The maximum Gasteiger partial charge on any atom is 0.251 e. The second-order valence-corrected chi connectivity index (χ2v) is 11.5. The van der Waals surface area contributed by atoms with Gasteiger partial charge in [0.15, 0.2) is 0 Å². The van der Waals surface area contributed by atoms with Gasteiger partial charge in [-0.3, -0.25) is 9.59 Å². The molecule has 4 unspecified atom stereocenters. The van der Waals surface area contributed by atoms with Crippen LogP contribution in [0, 0.1) is 24.7 Å². The average molecular weight is 489 g/mol. The molecule has 0 spiro atoms. The second kappa shape index (κ2) is 10.9. The maximum atomic E-state index is 13.2. The summed E-state index contributed by atoms with van der Waals surface area (Å²) in [6.07, 6.45) is 9.54. The van der Waals surface area contributed by atoms with E-state index in [0.29, 0.717) is 29.1 Å². The van der Waals surface area contributed by atoms with Crippen LogP contribution < -0.4 is 21.3 Å². The van der Waals surface area contributed by atoms with Crippen LogP contribution >= 0.6 is 11.6 Å². The zero-order valence-corrected chi connectivity index (χ0v) is 21.7. The Morgan fingerprint density at radius 1 is 1.18 bits per heavy atom. The van der Waals surface area contributed by atoms with Gasteiger partial charge in [0.2, 0.25) is 5.91 Å². The lowest BCUT2D eigenvalue weighted by Crippen LogP contribution is -2.60. The van der Waals surface area contributed by atoms with Crippen LogP contribution in [-0.4, -0.2) is 43.0 Å². The van der Waals surface area contributed by atoms with Crippen molar-refractivity contribution in [1.82, 2.24) is 16.0 Å². The van der Waals surface area contributed by atoms with Gasteiger partial charge in [0.1, 0.15) is 0 Å². The van der Waals surface area contributed by atoms with Gasteiger partial charge >= 0.3 is 0 Å². The molecule has 4 N–H and O–H groups in total. The Morgan fingerprint density at radius 2 is 1.91 bits per heavy atom. The highest BCUT2D eigenvalue weighted by Crippen LogP contribution is 2.40. The number of carbonyl (C=O) groups excluding carboxylic acids is 2. The minimum Gasteiger partial charge on any atom is -0.381 e. The minimum atomic E-state index is -0.218. The van der Waals surface area contributed by atoms with Gasteiger partial charge in [-0.25, -0.2) is 0 Å². The largest absolute Gasteiger partial charge is 0.381 e. The standard InChI is InChI=1S/C27H41ClN4O2/c1-17-14-27(3,19-8-6-4-5-7-9-19)32-26(34)23(17)16-30-25(33)22-12-20(28)13-24(18(22)2)31-21-10-11-29-15-21/h12-13,17,19,21,23,29,31H,4-11,14-16H2,1-3H3,(H,30,33)(H,32,34). The van der Waals surface area contributed by atoms with Gasteiger partial charge in [-0.05, 0) is 75.6 Å². The second-order valence-electron chi connectivity index (χ2n) is 11.1. The van der Waals surface area contributed by atoms with E-state index in [1.807, 2.05) is 13.0 Å². The van der Waals surface area contributed by atoms with Gasteiger partial charge in [0, 0.05) is 40.9 Å². The van der Waals surface area contributed by atoms with Crippen LogP contribution in [0.25, 0.3) is 0 Å². The third-order valence-electron chi connectivity index (χ3n) is 8.45. The van der Waals surface area contributed by atoms with Crippen molar-refractivity contribution in [2.45, 2.75) is 83.7 Å². The van der Waals surface area contributed by atoms with E-state index in [2.05, 4.69) is 35.1 Å². The van der Waals surface area contributed by atoms with Crippen LogP contribution in [0.5, 0.6) is 0 Å². The summed E-state index contributed by atoms with van der Waals surface area (Å²) < 4.78 is 0. The Labute approximate surface area is 209 Å². The number of hydrogen-bond donors (Lipinski definition) is 4. The van der Waals surface area contributed by atoms with E-state index in [4.69, 9.17) is 11.6 Å². The van der Waals surface area contributed by atoms with Crippen LogP contribution in [0.15, 0.2) is 12.1 Å². The molecule has 0 bridgehead atoms. The summed E-state index contributed by atoms with van der Waals surface area (Å²) in [7, 11) is 0. The van der Waals surface area contributed by atoms with E-state index < -0.39 is 0 Å². The first-order valence-corrected chi connectivity index (χ1v) is 13.5. The molecule has 0 aromatic heterocycles. The van der Waals surface area contributed by atoms with E-state index in [1.165, 1.54) is 38.5 Å². The summed E-state index contributed by atoms with van der Waals surface area (Å²) in [6, 6.07) is 3.94. The van der Waals surface area contributed by atoms with Crippen molar-refractivity contribution in [2.75, 3.05) is 25.0 Å². The summed E-state index contributed by atoms with van der Waals surface area (Å²) in [6.45, 7) is 8.58. The molecular weight excluding hydrogens is 448 g/mol. The third kappa shape index (κ3) is 5.71. The number of carbonyl (C=O) groups is 2. The summed E-state index contributed by atoms with van der Waals surface area (Å²) in [5.74, 6) is 0.445. The lowest BCUT2D eigenvalue weighted by Gasteiger charge is -2.46. The first kappa shape index (κ1) is 25.3. The van der Waals surface area contributed by atoms with Crippen LogP contribution in [0.2, 0.25) is 5.02 Å². The fraction of sp³-hybridized carbons (Fsp3) is 0.704. The van der Waals surface area contributed by atoms with Crippen LogP contribution in [0.3, 0.4) is 0 Å². The number of halogens is 1. The molecule has 6 nitrogen and oxygen atoms in total. The lowest BCUT2D eigenvalue weighted by molar-refractivity contribution is -0.133. The molecule has 3 aliphatic rings. The quantitative estimate of drug-likeness (QED) is 0.439. The number of benzene rings is 1. The molecule has 1 aliphatic carbocycles. The Bertz CT molecular complexity index is 893. The van der Waals surface area contributed by atoms with Crippen molar-refractivity contribution in [3.8, 4) is 0 Å². The molecule has 1 saturated carbocycles. The highest BCUT2D eigenvalue weighted by atomic mass is 35.5. The molecule has 34 heavy (non-hydrogen) atoms. The van der Waals surface area contributed by atoms with Crippen molar-refractivity contribution in [1.29, 1.82) is 0 Å². The molecule has 0 radical (unpaired) electrons. The molecule has 7 heteroatoms. The number of amides is 2. The molecular formula is C27H41ClN4O2. The fourth-order valence-electron chi connectivity index (χ4n) is 6.33. The molecule has 188 valence electrons. The highest BCUT2D eigenvalue weighted by molar-refractivity contribution is 6.31. The van der Waals surface area contributed by atoms with E-state index in [-0.39, 0.29) is 29.2 Å². The molecule has 1 aromatic rings. The summed E-state index contributed by atoms with van der Waals surface area (Å²) in [5.41, 5.74) is 2.21. The average Bonchev–Trinajstić information content (AvgIpc) is 3.13. The topological polar surface area (TPSA) is 82.3 Å². The van der Waals surface area contributed by atoms with E-state index >= 15 is 0 Å². The van der Waals surface area contributed by atoms with Crippen LogP contribution in [0.4, 0.5) is 5.69 Å². The lowest BCUT2D eigenvalue weighted by atomic mass is 9.69. The molecule has 2 amide bonds. The maximum absolute atomic E-state index is 13.2. The van der Waals surface area contributed by atoms with Gasteiger partial charge in [-0.2, -0.15) is 0 Å². The van der Waals surface area contributed by atoms with Crippen molar-refractivity contribution in [3.05, 3.63) is 28.3 Å². The molecule has 1 aromatic carbocycles. The number of piperidine rings is 1. The Kier molecular flexibility index (Phi) is 8.08. The van der Waals surface area contributed by atoms with Crippen molar-refractivity contribution < 1.29 is 9.59 Å². The summed E-state index contributed by atoms with van der Waals surface area (Å²) >= 11 is 6.36. The van der Waals surface area contributed by atoms with Crippen molar-refractivity contribution in [3.63, 3.8) is 0 Å². The first-order valence-electron chi connectivity index (χ1n) is 13.1. The molecule has 2 saturated heterocycles. The van der Waals surface area contributed by atoms with Crippen LogP contribution in [-0.2, 0) is 4.79 Å². The Balaban J connectivity index is 1.39.